The number of benzene rings is 1. The van der Waals surface area contributed by atoms with Gasteiger partial charge in [-0.3, -0.25) is 0 Å². The van der Waals surface area contributed by atoms with E-state index < -0.39 is 6.09 Å². The summed E-state index contributed by atoms with van der Waals surface area (Å²) in [5.41, 5.74) is 0.748. The Morgan fingerprint density at radius 2 is 2.11 bits per heavy atom. The lowest BCUT2D eigenvalue weighted by Crippen LogP contribution is -2.18. The van der Waals surface area contributed by atoms with E-state index in [1.54, 1.807) is 24.3 Å². The summed E-state index contributed by atoms with van der Waals surface area (Å²) in [4.78, 5) is 10.9. The van der Waals surface area contributed by atoms with Gasteiger partial charge in [0.25, 0.3) is 5.89 Å². The number of hydrogen-bond donors (Lipinski definition) is 1. The predicted molar refractivity (Wildman–Crippen MR) is 64.0 cm³/mol. The van der Waals surface area contributed by atoms with Crippen LogP contribution in [0.25, 0.3) is 11.5 Å². The van der Waals surface area contributed by atoms with E-state index in [0.29, 0.717) is 10.9 Å². The topological polar surface area (TPSA) is 77.2 Å². The second-order valence-electron chi connectivity index (χ2n) is 3.33. The zero-order valence-corrected chi connectivity index (χ0v) is 10.3. The average Bonchev–Trinajstić information content (AvgIpc) is 2.85. The Labute approximate surface area is 108 Å². The van der Waals surface area contributed by atoms with Gasteiger partial charge in [-0.25, -0.2) is 4.79 Å². The van der Waals surface area contributed by atoms with Gasteiger partial charge in [0, 0.05) is 17.6 Å². The number of carbonyl (C=O) groups is 1. The van der Waals surface area contributed by atoms with Gasteiger partial charge in [-0.15, -0.1) is 10.2 Å². The fourth-order valence-electron chi connectivity index (χ4n) is 1.22. The zero-order chi connectivity index (χ0) is 13.0. The number of ether oxygens (including phenoxy) is 1. The first-order valence-electron chi connectivity index (χ1n) is 5.12. The summed E-state index contributed by atoms with van der Waals surface area (Å²) >= 11 is 5.77. The lowest BCUT2D eigenvalue weighted by molar-refractivity contribution is 0.131. The molecule has 2 rings (SSSR count). The van der Waals surface area contributed by atoms with Crippen LogP contribution in [0.5, 0.6) is 0 Å². The van der Waals surface area contributed by atoms with Crippen LogP contribution in [0.2, 0.25) is 5.02 Å². The molecular weight excluding hydrogens is 258 g/mol. The molecule has 2 aromatic rings. The number of hydrogen-bond acceptors (Lipinski definition) is 5. The quantitative estimate of drug-likeness (QED) is 0.923. The monoisotopic (exact) mass is 267 g/mol. The first-order chi connectivity index (χ1) is 8.69. The smallest absolute Gasteiger partial charge is 0.407 e. The third kappa shape index (κ3) is 2.98. The molecular formula is C11H10ClN3O3. The van der Waals surface area contributed by atoms with Crippen LogP contribution in [0.15, 0.2) is 28.7 Å². The standard InChI is InChI=1S/C11H10ClN3O3/c1-13-11(16)17-6-9-14-15-10(18-9)7-2-4-8(12)5-3-7/h2-5H,6H2,1H3,(H,13,16). The number of aromatic nitrogens is 2. The molecule has 0 aliphatic rings. The van der Waals surface area contributed by atoms with Gasteiger partial charge < -0.3 is 14.5 Å². The maximum Gasteiger partial charge on any atom is 0.407 e. The van der Waals surface area contributed by atoms with E-state index in [1.165, 1.54) is 7.05 Å². The van der Waals surface area contributed by atoms with Crippen molar-refractivity contribution in [3.05, 3.63) is 35.2 Å². The second-order valence-corrected chi connectivity index (χ2v) is 3.77. The van der Waals surface area contributed by atoms with Crippen LogP contribution < -0.4 is 5.32 Å². The van der Waals surface area contributed by atoms with Gasteiger partial charge in [0.2, 0.25) is 5.89 Å². The Morgan fingerprint density at radius 3 is 2.78 bits per heavy atom. The van der Waals surface area contributed by atoms with Gasteiger partial charge in [-0.1, -0.05) is 11.6 Å². The first-order valence-corrected chi connectivity index (χ1v) is 5.49. The van der Waals surface area contributed by atoms with Crippen molar-refractivity contribution in [3.63, 3.8) is 0 Å². The molecule has 0 atom stereocenters. The summed E-state index contributed by atoms with van der Waals surface area (Å²) in [6.07, 6.45) is -0.554. The van der Waals surface area contributed by atoms with Crippen LogP contribution in [0.1, 0.15) is 5.89 Å². The molecule has 18 heavy (non-hydrogen) atoms. The van der Waals surface area contributed by atoms with E-state index in [-0.39, 0.29) is 12.5 Å². The van der Waals surface area contributed by atoms with Crippen LogP contribution in [-0.4, -0.2) is 23.3 Å². The molecule has 0 spiro atoms. The van der Waals surface area contributed by atoms with E-state index in [9.17, 15) is 4.79 Å². The molecule has 94 valence electrons. The average molecular weight is 268 g/mol. The summed E-state index contributed by atoms with van der Waals surface area (Å²) in [5, 5.41) is 10.6. The molecule has 0 saturated heterocycles. The summed E-state index contributed by atoms with van der Waals surface area (Å²) in [6.45, 7) is -0.0692. The summed E-state index contributed by atoms with van der Waals surface area (Å²) < 4.78 is 10.1. The zero-order valence-electron chi connectivity index (χ0n) is 9.51. The Kier molecular flexibility index (Phi) is 3.78. The number of carbonyl (C=O) groups excluding carboxylic acids is 1. The van der Waals surface area contributed by atoms with Crippen molar-refractivity contribution in [1.29, 1.82) is 0 Å². The summed E-state index contributed by atoms with van der Waals surface area (Å²) in [7, 11) is 1.47. The maximum absolute atomic E-state index is 10.9. The van der Waals surface area contributed by atoms with Crippen molar-refractivity contribution in [2.45, 2.75) is 6.61 Å². The van der Waals surface area contributed by atoms with Gasteiger partial charge in [0.15, 0.2) is 6.61 Å². The molecule has 0 bridgehead atoms. The molecule has 0 unspecified atom stereocenters. The Bertz CT molecular complexity index is 539. The molecule has 1 amide bonds. The van der Waals surface area contributed by atoms with E-state index >= 15 is 0 Å². The molecule has 0 aliphatic carbocycles. The van der Waals surface area contributed by atoms with E-state index in [2.05, 4.69) is 15.5 Å². The van der Waals surface area contributed by atoms with Crippen molar-refractivity contribution in [3.8, 4) is 11.5 Å². The van der Waals surface area contributed by atoms with Gasteiger partial charge in [0.05, 0.1) is 0 Å². The summed E-state index contributed by atoms with van der Waals surface area (Å²) in [6, 6.07) is 6.97. The molecule has 1 aromatic carbocycles. The highest BCUT2D eigenvalue weighted by atomic mass is 35.5. The van der Waals surface area contributed by atoms with Gasteiger partial charge in [-0.2, -0.15) is 0 Å². The number of nitrogens with one attached hydrogen (secondary N) is 1. The van der Waals surface area contributed by atoms with E-state index in [4.69, 9.17) is 20.8 Å². The van der Waals surface area contributed by atoms with Crippen LogP contribution in [0.4, 0.5) is 4.79 Å². The number of amides is 1. The Hall–Kier alpha value is -2.08. The molecule has 6 nitrogen and oxygen atoms in total. The molecule has 0 radical (unpaired) electrons. The van der Waals surface area contributed by atoms with Crippen molar-refractivity contribution >= 4 is 17.7 Å². The summed E-state index contributed by atoms with van der Waals surface area (Å²) in [5.74, 6) is 0.575. The van der Waals surface area contributed by atoms with Crippen LogP contribution in [-0.2, 0) is 11.3 Å². The molecule has 0 aliphatic heterocycles. The molecule has 1 N–H and O–H groups in total. The number of halogens is 1. The minimum Gasteiger partial charge on any atom is -0.439 e. The predicted octanol–water partition coefficient (Wildman–Crippen LogP) is 2.25. The van der Waals surface area contributed by atoms with Gasteiger partial charge in [-0.05, 0) is 24.3 Å². The number of rotatable bonds is 3. The fraction of sp³-hybridized carbons (Fsp3) is 0.182. The lowest BCUT2D eigenvalue weighted by Gasteiger charge is -1.98. The largest absolute Gasteiger partial charge is 0.439 e. The maximum atomic E-state index is 10.9. The second kappa shape index (κ2) is 5.50. The molecule has 0 fully saturated rings. The minimum absolute atomic E-state index is 0.0692. The molecule has 1 heterocycles. The van der Waals surface area contributed by atoms with Gasteiger partial charge in [0.1, 0.15) is 0 Å². The third-order valence-corrected chi connectivity index (χ3v) is 2.34. The number of nitrogens with zero attached hydrogens (tertiary/aromatic N) is 2. The number of alkyl carbamates (subject to hydrolysis) is 1. The highest BCUT2D eigenvalue weighted by Crippen LogP contribution is 2.20. The highest BCUT2D eigenvalue weighted by molar-refractivity contribution is 6.30. The van der Waals surface area contributed by atoms with Crippen LogP contribution in [0.3, 0.4) is 0 Å². The van der Waals surface area contributed by atoms with Crippen LogP contribution >= 0.6 is 11.6 Å². The Morgan fingerprint density at radius 1 is 1.39 bits per heavy atom. The van der Waals surface area contributed by atoms with E-state index in [1.807, 2.05) is 0 Å². The first kappa shape index (κ1) is 12.4. The van der Waals surface area contributed by atoms with Crippen molar-refractivity contribution < 1.29 is 13.9 Å². The SMILES string of the molecule is CNC(=O)OCc1nnc(-c2ccc(Cl)cc2)o1. The fourth-order valence-corrected chi connectivity index (χ4v) is 1.35. The lowest BCUT2D eigenvalue weighted by atomic mass is 10.2. The van der Waals surface area contributed by atoms with Crippen molar-refractivity contribution in [2.24, 2.45) is 0 Å². The minimum atomic E-state index is -0.554. The van der Waals surface area contributed by atoms with E-state index in [0.717, 1.165) is 5.56 Å². The van der Waals surface area contributed by atoms with Gasteiger partial charge >= 0.3 is 6.09 Å². The van der Waals surface area contributed by atoms with Crippen molar-refractivity contribution in [1.82, 2.24) is 15.5 Å². The normalized spacial score (nSPS) is 10.1. The highest BCUT2D eigenvalue weighted by Gasteiger charge is 2.10. The van der Waals surface area contributed by atoms with Crippen LogP contribution in [0, 0.1) is 0 Å². The molecule has 0 saturated carbocycles. The molecule has 7 heteroatoms. The van der Waals surface area contributed by atoms with Crippen molar-refractivity contribution in [2.75, 3.05) is 7.05 Å². The molecule has 1 aromatic heterocycles. The third-order valence-electron chi connectivity index (χ3n) is 2.09. The Balaban J connectivity index is 2.06.